The third-order valence-electron chi connectivity index (χ3n) is 20.6. The number of rotatable bonds is 14. The molecule has 11 atom stereocenters. The van der Waals surface area contributed by atoms with Gasteiger partial charge in [-0.05, 0) is 100 Å². The van der Waals surface area contributed by atoms with Gasteiger partial charge in [0.25, 0.3) is 0 Å². The van der Waals surface area contributed by atoms with Gasteiger partial charge in [-0.25, -0.2) is 0 Å². The van der Waals surface area contributed by atoms with Crippen LogP contribution in [0.5, 0.6) is 0 Å². The van der Waals surface area contributed by atoms with Gasteiger partial charge in [-0.1, -0.05) is 127 Å². The molecule has 4 N–H and O–H groups in total. The molecule has 0 unspecified atom stereocenters. The summed E-state index contributed by atoms with van der Waals surface area (Å²) in [7, 11) is 9.89. The van der Waals surface area contributed by atoms with Crippen LogP contribution in [-0.2, 0) is 76.6 Å². The molecule has 0 aromatic heterocycles. The summed E-state index contributed by atoms with van der Waals surface area (Å²) < 4.78 is 41.6. The number of unbranched alkanes of at least 4 members (excludes halogenated alkanes) is 2. The molecular formula is C71H104ClF3N12O12. The van der Waals surface area contributed by atoms with E-state index in [9.17, 15) is 51.5 Å². The van der Waals surface area contributed by atoms with Crippen molar-refractivity contribution in [1.82, 2.24) is 60.5 Å². The Morgan fingerprint density at radius 3 is 1.87 bits per heavy atom. The molecule has 548 valence electrons. The molecule has 4 aliphatic rings. The van der Waals surface area contributed by atoms with Crippen LogP contribution in [0.1, 0.15) is 160 Å². The van der Waals surface area contributed by atoms with E-state index in [1.165, 1.54) is 91.7 Å². The van der Waals surface area contributed by atoms with Gasteiger partial charge in [-0.15, -0.1) is 0 Å². The van der Waals surface area contributed by atoms with Crippen molar-refractivity contribution in [2.75, 3.05) is 69.0 Å². The van der Waals surface area contributed by atoms with Crippen LogP contribution in [0.3, 0.4) is 0 Å². The molecule has 3 heterocycles. The van der Waals surface area contributed by atoms with E-state index in [1.54, 1.807) is 26.0 Å². The molecular weight excluding hydrogens is 1310 g/mol. The molecule has 3 aliphatic heterocycles. The smallest absolute Gasteiger partial charge is 0.347 e. The first-order valence-electron chi connectivity index (χ1n) is 34.8. The lowest BCUT2D eigenvalue weighted by atomic mass is 9.90. The number of hydrogen-bond acceptors (Lipinski definition) is 12. The van der Waals surface area contributed by atoms with E-state index in [0.29, 0.717) is 50.5 Å². The second kappa shape index (κ2) is 35.0. The quantitative estimate of drug-likeness (QED) is 0.176. The summed E-state index contributed by atoms with van der Waals surface area (Å²) in [5, 5.41) is 10.8. The van der Waals surface area contributed by atoms with Crippen LogP contribution in [0.2, 0.25) is 5.02 Å². The highest BCUT2D eigenvalue weighted by atomic mass is 35.5. The van der Waals surface area contributed by atoms with Crippen LogP contribution >= 0.6 is 11.6 Å². The monoisotopic (exact) mass is 1410 g/mol. The maximum atomic E-state index is 15.4. The lowest BCUT2D eigenvalue weighted by Crippen LogP contribution is -2.65. The molecule has 28 heteroatoms. The maximum absolute atomic E-state index is 15.4. The van der Waals surface area contributed by atoms with Crippen LogP contribution in [0.25, 0.3) is 0 Å². The first kappa shape index (κ1) is 80.1. The van der Waals surface area contributed by atoms with Gasteiger partial charge in [-0.3, -0.25) is 57.5 Å². The van der Waals surface area contributed by atoms with Crippen LogP contribution in [-0.4, -0.2) is 239 Å². The number of alkyl halides is 3. The van der Waals surface area contributed by atoms with Gasteiger partial charge in [-0.2, -0.15) is 13.2 Å². The summed E-state index contributed by atoms with van der Waals surface area (Å²) in [5.74, 6) is -9.37. The molecule has 99 heavy (non-hydrogen) atoms. The molecule has 12 amide bonds. The van der Waals surface area contributed by atoms with E-state index in [1.807, 2.05) is 39.8 Å². The minimum Gasteiger partial charge on any atom is -0.347 e. The zero-order chi connectivity index (χ0) is 73.7. The molecule has 1 saturated carbocycles. The van der Waals surface area contributed by atoms with Crippen LogP contribution in [0.4, 0.5) is 13.2 Å². The highest BCUT2D eigenvalue weighted by Crippen LogP contribution is 2.37. The summed E-state index contributed by atoms with van der Waals surface area (Å²) in [6, 6.07) is -1.07. The number of benzene rings is 2. The molecule has 2 aromatic rings. The minimum absolute atomic E-state index is 0.0146. The number of aryl methyl sites for hydroxylation is 2. The van der Waals surface area contributed by atoms with Gasteiger partial charge in [0.05, 0.1) is 23.6 Å². The summed E-state index contributed by atoms with van der Waals surface area (Å²) >= 11 is 6.14. The van der Waals surface area contributed by atoms with Gasteiger partial charge >= 0.3 is 6.18 Å². The fourth-order valence-corrected chi connectivity index (χ4v) is 14.1. The maximum Gasteiger partial charge on any atom is 0.417 e. The second-order valence-electron chi connectivity index (χ2n) is 27.9. The molecule has 0 radical (unpaired) electrons. The molecule has 0 bridgehead atoms. The standard InChI is InChI=1S/C71H104ClF3N12O12/c1-15-18-19-23-51-60(90)78-58(43(5)16-2)62(92)76-45(7)63(93)87-37-33-53(87)67(97)83(12)54(39-47-27-25-42(4)26-28-47)66(96)81(10)41-56(88)77-50(32-30-46-29-31-48(49(72)38-46)71(73,74)75)64(94)86-36-22-24-52(86)61(91)79-70(34-20-21-35-70)69(99)85(14)59(44(6)17-3)68(98)84(13)55(65(95)80(8)9)40-57(89)82(51)11/h25-29,31,38,43-45,50-55,58-59H,15-24,30,32-37,39-41H2,1-14H3,(H,76,92)(H,77,88)(H,78,90)(H,79,91)/t43-,44-,45-,50-,51-,52-,53-,54-,55-,58-,59-/m0/s1. The fraction of sp³-hybridized carbons (Fsp3) is 0.662. The van der Waals surface area contributed by atoms with Gasteiger partial charge in [0, 0.05) is 68.8 Å². The van der Waals surface area contributed by atoms with E-state index in [4.69, 9.17) is 11.6 Å². The van der Waals surface area contributed by atoms with E-state index < -0.39 is 172 Å². The average molecular weight is 1410 g/mol. The lowest BCUT2D eigenvalue weighted by molar-refractivity contribution is -0.157. The van der Waals surface area contributed by atoms with E-state index in [2.05, 4.69) is 21.3 Å². The zero-order valence-corrected chi connectivity index (χ0v) is 60.8. The van der Waals surface area contributed by atoms with Crippen LogP contribution in [0.15, 0.2) is 42.5 Å². The highest BCUT2D eigenvalue weighted by Gasteiger charge is 2.51. The van der Waals surface area contributed by atoms with Crippen molar-refractivity contribution >= 4 is 82.5 Å². The van der Waals surface area contributed by atoms with Crippen molar-refractivity contribution in [2.24, 2.45) is 11.8 Å². The molecule has 24 nitrogen and oxygen atoms in total. The molecule has 1 spiro atoms. The van der Waals surface area contributed by atoms with Crippen molar-refractivity contribution in [1.29, 1.82) is 0 Å². The Kier molecular flexibility index (Phi) is 28.3. The van der Waals surface area contributed by atoms with Crippen molar-refractivity contribution in [2.45, 2.75) is 224 Å². The first-order chi connectivity index (χ1) is 46.5. The predicted octanol–water partition coefficient (Wildman–Crippen LogP) is 5.27. The zero-order valence-electron chi connectivity index (χ0n) is 60.0. The fourth-order valence-electron chi connectivity index (χ4n) is 13.8. The van der Waals surface area contributed by atoms with Crippen molar-refractivity contribution in [3.63, 3.8) is 0 Å². The van der Waals surface area contributed by atoms with Gasteiger partial charge in [0.15, 0.2) is 0 Å². The Balaban J connectivity index is 1.44. The third-order valence-corrected chi connectivity index (χ3v) is 20.9. The van der Waals surface area contributed by atoms with E-state index in [0.717, 1.165) is 33.9 Å². The summed E-state index contributed by atoms with van der Waals surface area (Å²) in [4.78, 5) is 188. The van der Waals surface area contributed by atoms with E-state index >= 15 is 19.2 Å². The van der Waals surface area contributed by atoms with Gasteiger partial charge < -0.3 is 60.5 Å². The Morgan fingerprint density at radius 2 is 1.29 bits per heavy atom. The van der Waals surface area contributed by atoms with E-state index in [-0.39, 0.29) is 70.0 Å². The highest BCUT2D eigenvalue weighted by molar-refractivity contribution is 6.31. The van der Waals surface area contributed by atoms with Gasteiger partial charge in [0.1, 0.15) is 59.9 Å². The summed E-state index contributed by atoms with van der Waals surface area (Å²) in [5.41, 5.74) is -0.837. The summed E-state index contributed by atoms with van der Waals surface area (Å²) in [6.07, 6.45) is -1.04. The number of nitrogens with one attached hydrogen (secondary N) is 4. The Bertz CT molecular complexity index is 3280. The predicted molar refractivity (Wildman–Crippen MR) is 366 cm³/mol. The molecule has 6 rings (SSSR count). The largest absolute Gasteiger partial charge is 0.417 e. The number of nitrogens with zero attached hydrogens (tertiary/aromatic N) is 8. The molecule has 4 fully saturated rings. The summed E-state index contributed by atoms with van der Waals surface area (Å²) in [6.45, 7) is 11.9. The number of carbonyl (C=O) groups is 12. The molecule has 3 saturated heterocycles. The number of halogens is 4. The Hall–Kier alpha value is -7.84. The Labute approximate surface area is 585 Å². The van der Waals surface area contributed by atoms with Crippen LogP contribution < -0.4 is 21.3 Å². The number of fused-ring (bicyclic) bond motifs is 2. The van der Waals surface area contributed by atoms with Gasteiger partial charge in [0.2, 0.25) is 70.9 Å². The number of hydrogen-bond donors (Lipinski definition) is 4. The van der Waals surface area contributed by atoms with Crippen molar-refractivity contribution in [3.05, 3.63) is 69.7 Å². The topological polar surface area (TPSA) is 279 Å². The minimum atomic E-state index is -4.77. The number of amides is 12. The SMILES string of the molecule is CCCCC[C@H]1C(=O)N[C@@H]([C@@H](C)CC)C(=O)N[C@@H](C)C(=O)N2CC[C@H]2C(=O)N(C)[C@@H](Cc2ccc(C)cc2)C(=O)N(C)CC(=O)N[C@@H](CCc2ccc(C(F)(F)F)c(Cl)c2)C(=O)N2CCC[C@H]2C(=O)NC2(CCCC2)C(=O)N(C)[C@@H]([C@@H](C)CC)C(=O)N(C)[C@H](C(=O)N(C)C)CC(=O)N1C. The number of carbonyl (C=O) groups excluding carboxylic acids is 12. The first-order valence-corrected chi connectivity index (χ1v) is 35.2. The molecule has 2 aromatic carbocycles. The average Bonchev–Trinajstić information content (AvgIpc) is 1.75. The second-order valence-corrected chi connectivity index (χ2v) is 28.3. The molecule has 1 aliphatic carbocycles. The van der Waals surface area contributed by atoms with Crippen molar-refractivity contribution in [3.8, 4) is 0 Å². The van der Waals surface area contributed by atoms with Crippen molar-refractivity contribution < 1.29 is 70.7 Å². The Morgan fingerprint density at radius 1 is 0.667 bits per heavy atom. The normalized spacial score (nSPS) is 25.9. The van der Waals surface area contributed by atoms with Crippen LogP contribution in [0, 0.1) is 18.8 Å². The lowest BCUT2D eigenvalue weighted by Gasteiger charge is -2.44. The number of likely N-dealkylation sites (N-methyl/N-ethyl adjacent to an activating group) is 6. The third kappa shape index (κ3) is 19.4.